The summed E-state index contributed by atoms with van der Waals surface area (Å²) >= 11 is 0. The molecular formula is C14H18N2O5. The van der Waals surface area contributed by atoms with Gasteiger partial charge in [0.05, 0.1) is 25.7 Å². The SMILES string of the molecule is CN(CC(=O)O)c1ccc2c(c1)CC(=O)N2CC(O)CO. The maximum absolute atomic E-state index is 12.0. The fraction of sp³-hybridized carbons (Fsp3) is 0.429. The van der Waals surface area contributed by atoms with E-state index in [0.29, 0.717) is 11.4 Å². The van der Waals surface area contributed by atoms with Gasteiger partial charge in [-0.3, -0.25) is 9.59 Å². The molecule has 1 aromatic carbocycles. The molecule has 7 heteroatoms. The number of carboxylic acid groups (broad SMARTS) is 1. The van der Waals surface area contributed by atoms with E-state index in [1.54, 1.807) is 30.1 Å². The second kappa shape index (κ2) is 6.11. The topological polar surface area (TPSA) is 101 Å². The molecule has 0 saturated carbocycles. The van der Waals surface area contributed by atoms with Crippen LogP contribution in [0.4, 0.5) is 11.4 Å². The van der Waals surface area contributed by atoms with E-state index >= 15 is 0 Å². The Hall–Kier alpha value is -2.12. The van der Waals surface area contributed by atoms with E-state index in [9.17, 15) is 14.7 Å². The monoisotopic (exact) mass is 294 g/mol. The van der Waals surface area contributed by atoms with Crippen LogP contribution in [0.2, 0.25) is 0 Å². The molecule has 2 rings (SSSR count). The van der Waals surface area contributed by atoms with Gasteiger partial charge in [0.2, 0.25) is 5.91 Å². The summed E-state index contributed by atoms with van der Waals surface area (Å²) < 4.78 is 0. The number of anilines is 2. The minimum atomic E-state index is -0.978. The molecule has 114 valence electrons. The summed E-state index contributed by atoms with van der Waals surface area (Å²) in [5.74, 6) is -1.07. The molecule has 1 unspecified atom stereocenters. The predicted molar refractivity (Wildman–Crippen MR) is 76.5 cm³/mol. The highest BCUT2D eigenvalue weighted by Gasteiger charge is 2.29. The van der Waals surface area contributed by atoms with Crippen LogP contribution in [0.15, 0.2) is 18.2 Å². The largest absolute Gasteiger partial charge is 0.480 e. The average molecular weight is 294 g/mol. The first-order chi connectivity index (χ1) is 9.92. The third-order valence-electron chi connectivity index (χ3n) is 3.41. The van der Waals surface area contributed by atoms with Gasteiger partial charge < -0.3 is 25.1 Å². The zero-order chi connectivity index (χ0) is 15.6. The molecule has 1 aliphatic heterocycles. The Kier molecular flexibility index (Phi) is 4.44. The van der Waals surface area contributed by atoms with Crippen molar-refractivity contribution in [2.24, 2.45) is 0 Å². The van der Waals surface area contributed by atoms with Gasteiger partial charge in [0.25, 0.3) is 0 Å². The molecule has 1 heterocycles. The number of carboxylic acids is 1. The zero-order valence-corrected chi connectivity index (χ0v) is 11.7. The first kappa shape index (κ1) is 15.3. The Morgan fingerprint density at radius 1 is 1.48 bits per heavy atom. The summed E-state index contributed by atoms with van der Waals surface area (Å²) in [5.41, 5.74) is 2.20. The van der Waals surface area contributed by atoms with Crippen LogP contribution in [-0.4, -0.2) is 60.0 Å². The number of aliphatic hydroxyl groups is 2. The number of rotatable bonds is 6. The van der Waals surface area contributed by atoms with Gasteiger partial charge in [0, 0.05) is 18.4 Å². The van der Waals surface area contributed by atoms with Crippen molar-refractivity contribution in [1.29, 1.82) is 0 Å². The first-order valence-electron chi connectivity index (χ1n) is 6.57. The molecule has 0 radical (unpaired) electrons. The smallest absolute Gasteiger partial charge is 0.323 e. The maximum Gasteiger partial charge on any atom is 0.323 e. The molecule has 0 fully saturated rings. The molecule has 1 aliphatic rings. The van der Waals surface area contributed by atoms with Gasteiger partial charge in [0.15, 0.2) is 0 Å². The van der Waals surface area contributed by atoms with E-state index in [1.165, 1.54) is 4.90 Å². The van der Waals surface area contributed by atoms with Crippen LogP contribution in [0, 0.1) is 0 Å². The lowest BCUT2D eigenvalue weighted by atomic mass is 10.1. The summed E-state index contributed by atoms with van der Waals surface area (Å²) in [5, 5.41) is 27.2. The Morgan fingerprint density at radius 2 is 2.19 bits per heavy atom. The van der Waals surface area contributed by atoms with E-state index in [4.69, 9.17) is 10.2 Å². The molecule has 1 atom stereocenters. The molecule has 3 N–H and O–H groups in total. The molecule has 21 heavy (non-hydrogen) atoms. The first-order valence-corrected chi connectivity index (χ1v) is 6.57. The third kappa shape index (κ3) is 3.32. The van der Waals surface area contributed by atoms with Crippen molar-refractivity contribution in [1.82, 2.24) is 0 Å². The number of likely N-dealkylation sites (N-methyl/N-ethyl adjacent to an activating group) is 1. The van der Waals surface area contributed by atoms with Crippen molar-refractivity contribution < 1.29 is 24.9 Å². The number of aliphatic hydroxyl groups excluding tert-OH is 2. The lowest BCUT2D eigenvalue weighted by Crippen LogP contribution is -2.36. The van der Waals surface area contributed by atoms with Gasteiger partial charge in [-0.1, -0.05) is 0 Å². The Bertz CT molecular complexity index is 560. The molecule has 0 saturated heterocycles. The van der Waals surface area contributed by atoms with Gasteiger partial charge >= 0.3 is 5.97 Å². The van der Waals surface area contributed by atoms with E-state index < -0.39 is 18.7 Å². The second-order valence-corrected chi connectivity index (χ2v) is 5.08. The van der Waals surface area contributed by atoms with Crippen molar-refractivity contribution in [2.45, 2.75) is 12.5 Å². The highest BCUT2D eigenvalue weighted by atomic mass is 16.4. The Labute approximate surface area is 122 Å². The number of carbonyl (C=O) groups excluding carboxylic acids is 1. The molecular weight excluding hydrogens is 276 g/mol. The van der Waals surface area contributed by atoms with Crippen molar-refractivity contribution in [3.05, 3.63) is 23.8 Å². The van der Waals surface area contributed by atoms with E-state index in [2.05, 4.69) is 0 Å². The van der Waals surface area contributed by atoms with Crippen LogP contribution in [0.3, 0.4) is 0 Å². The molecule has 0 aromatic heterocycles. The number of fused-ring (bicyclic) bond motifs is 1. The van der Waals surface area contributed by atoms with Gasteiger partial charge in [-0.25, -0.2) is 0 Å². The number of nitrogens with zero attached hydrogens (tertiary/aromatic N) is 2. The van der Waals surface area contributed by atoms with E-state index in [-0.39, 0.29) is 25.4 Å². The van der Waals surface area contributed by atoms with Crippen LogP contribution < -0.4 is 9.80 Å². The molecule has 1 aromatic rings. The minimum absolute atomic E-state index is 0.0483. The van der Waals surface area contributed by atoms with Crippen LogP contribution in [0.1, 0.15) is 5.56 Å². The number of benzene rings is 1. The summed E-state index contributed by atoms with van der Waals surface area (Å²) in [7, 11) is 1.67. The summed E-state index contributed by atoms with van der Waals surface area (Å²) in [6.07, 6.45) is -0.767. The van der Waals surface area contributed by atoms with Gasteiger partial charge in [0.1, 0.15) is 6.54 Å². The minimum Gasteiger partial charge on any atom is -0.480 e. The van der Waals surface area contributed by atoms with Crippen molar-refractivity contribution in [3.8, 4) is 0 Å². The third-order valence-corrected chi connectivity index (χ3v) is 3.41. The standard InChI is InChI=1S/C14H18N2O5/c1-15(7-14(20)21)10-2-3-12-9(4-10)5-13(19)16(12)6-11(18)8-17/h2-4,11,17-18H,5-8H2,1H3,(H,20,21). The van der Waals surface area contributed by atoms with Gasteiger partial charge in [-0.05, 0) is 23.8 Å². The number of β-amino-alcohol motifs (C(OH)–C–C–N with tert-alkyl or cyclic N) is 1. The molecule has 0 spiro atoms. The summed E-state index contributed by atoms with van der Waals surface area (Å²) in [6, 6.07) is 5.25. The van der Waals surface area contributed by atoms with Crippen LogP contribution in [-0.2, 0) is 16.0 Å². The van der Waals surface area contributed by atoms with Crippen LogP contribution in [0.5, 0.6) is 0 Å². The maximum atomic E-state index is 12.0. The van der Waals surface area contributed by atoms with Crippen LogP contribution in [0.25, 0.3) is 0 Å². The number of amides is 1. The molecule has 0 aliphatic carbocycles. The van der Waals surface area contributed by atoms with Crippen molar-refractivity contribution in [3.63, 3.8) is 0 Å². The lowest BCUT2D eigenvalue weighted by molar-refractivity contribution is -0.135. The second-order valence-electron chi connectivity index (χ2n) is 5.08. The fourth-order valence-corrected chi connectivity index (χ4v) is 2.37. The number of hydrogen-bond acceptors (Lipinski definition) is 5. The highest BCUT2D eigenvalue weighted by Crippen LogP contribution is 2.32. The summed E-state index contributed by atoms with van der Waals surface area (Å²) in [6.45, 7) is -0.481. The van der Waals surface area contributed by atoms with Crippen molar-refractivity contribution >= 4 is 23.3 Å². The lowest BCUT2D eigenvalue weighted by Gasteiger charge is -2.21. The van der Waals surface area contributed by atoms with E-state index in [1.807, 2.05) is 0 Å². The summed E-state index contributed by atoms with van der Waals surface area (Å²) in [4.78, 5) is 25.7. The quantitative estimate of drug-likeness (QED) is 0.651. The van der Waals surface area contributed by atoms with Gasteiger partial charge in [-0.15, -0.1) is 0 Å². The van der Waals surface area contributed by atoms with E-state index in [0.717, 1.165) is 5.56 Å². The normalized spacial score (nSPS) is 15.0. The Morgan fingerprint density at radius 3 is 2.81 bits per heavy atom. The number of aliphatic carboxylic acids is 1. The van der Waals surface area contributed by atoms with Gasteiger partial charge in [-0.2, -0.15) is 0 Å². The highest BCUT2D eigenvalue weighted by molar-refractivity contribution is 6.01. The molecule has 7 nitrogen and oxygen atoms in total. The zero-order valence-electron chi connectivity index (χ0n) is 11.7. The Balaban J connectivity index is 2.21. The molecule has 0 bridgehead atoms. The molecule has 1 amide bonds. The number of carbonyl (C=O) groups is 2. The van der Waals surface area contributed by atoms with Crippen LogP contribution >= 0.6 is 0 Å². The van der Waals surface area contributed by atoms with Crippen molar-refractivity contribution in [2.75, 3.05) is 36.5 Å². The predicted octanol–water partition coefficient (Wildman–Crippen LogP) is -0.550. The number of hydrogen-bond donors (Lipinski definition) is 3. The fourth-order valence-electron chi connectivity index (χ4n) is 2.37. The average Bonchev–Trinajstić information content (AvgIpc) is 2.73.